The van der Waals surface area contributed by atoms with E-state index in [0.717, 1.165) is 20.4 Å². The van der Waals surface area contributed by atoms with Gasteiger partial charge in [0.1, 0.15) is 16.1 Å². The van der Waals surface area contributed by atoms with Crippen molar-refractivity contribution < 1.29 is 9.47 Å². The van der Waals surface area contributed by atoms with E-state index in [-0.39, 0.29) is 0 Å². The highest BCUT2D eigenvalue weighted by molar-refractivity contribution is 14.1. The number of H-pyrrole nitrogens is 1. The van der Waals surface area contributed by atoms with Gasteiger partial charge in [-0.15, -0.1) is 0 Å². The molecule has 0 aliphatic carbocycles. The molecule has 1 aromatic heterocycles. The highest BCUT2D eigenvalue weighted by Crippen LogP contribution is 2.22. The monoisotopic (exact) mass is 318 g/mol. The molecule has 0 amide bonds. The summed E-state index contributed by atoms with van der Waals surface area (Å²) in [5, 5.41) is 8.16. The third-order valence-electron chi connectivity index (χ3n) is 2.04. The Morgan fingerprint density at radius 1 is 1.40 bits per heavy atom. The van der Waals surface area contributed by atoms with Crippen LogP contribution in [0.4, 0.5) is 0 Å². The summed E-state index contributed by atoms with van der Waals surface area (Å²) in [6, 6.07) is 5.83. The molecule has 0 aliphatic heterocycles. The second-order valence-corrected chi connectivity index (χ2v) is 4.14. The number of benzene rings is 1. The van der Waals surface area contributed by atoms with E-state index in [1.165, 1.54) is 0 Å². The summed E-state index contributed by atoms with van der Waals surface area (Å²) in [6.07, 6.45) is 0. The van der Waals surface area contributed by atoms with Crippen LogP contribution < -0.4 is 4.74 Å². The lowest BCUT2D eigenvalue weighted by molar-refractivity contribution is 0.146. The van der Waals surface area contributed by atoms with Gasteiger partial charge in [0.2, 0.25) is 0 Å². The van der Waals surface area contributed by atoms with Crippen LogP contribution in [-0.2, 0) is 4.74 Å². The van der Waals surface area contributed by atoms with Crippen LogP contribution in [0.1, 0.15) is 0 Å². The first-order chi connectivity index (χ1) is 7.31. The van der Waals surface area contributed by atoms with Crippen LogP contribution in [-0.4, -0.2) is 30.5 Å². The molecule has 0 aliphatic rings. The molecule has 0 saturated heterocycles. The minimum absolute atomic E-state index is 0.566. The van der Waals surface area contributed by atoms with E-state index < -0.39 is 0 Å². The first kappa shape index (κ1) is 10.7. The zero-order valence-electron chi connectivity index (χ0n) is 8.29. The number of ether oxygens (including phenoxy) is 2. The number of aromatic nitrogens is 2. The minimum Gasteiger partial charge on any atom is -0.491 e. The van der Waals surface area contributed by atoms with Gasteiger partial charge in [-0.3, -0.25) is 5.10 Å². The van der Waals surface area contributed by atoms with E-state index >= 15 is 0 Å². The lowest BCUT2D eigenvalue weighted by atomic mass is 10.2. The maximum atomic E-state index is 5.51. The maximum absolute atomic E-state index is 5.51. The zero-order chi connectivity index (χ0) is 10.7. The standard InChI is InChI=1S/C10H11IN2O2/c1-14-4-5-15-7-2-3-9-8(6-7)10(11)13-12-9/h2-3,6H,4-5H2,1H3,(H,12,13). The lowest BCUT2D eigenvalue weighted by Crippen LogP contribution is -2.03. The molecule has 0 fully saturated rings. The molecule has 0 bridgehead atoms. The molecule has 0 radical (unpaired) electrons. The molecule has 4 nitrogen and oxygen atoms in total. The molecule has 2 rings (SSSR count). The second kappa shape index (κ2) is 4.80. The number of hydrogen-bond donors (Lipinski definition) is 1. The number of nitrogens with zero attached hydrogens (tertiary/aromatic N) is 1. The molecule has 0 saturated carbocycles. The SMILES string of the molecule is COCCOc1ccc2n[nH]c(I)c2c1. The molecule has 5 heteroatoms. The van der Waals surface area contributed by atoms with Gasteiger partial charge >= 0.3 is 0 Å². The van der Waals surface area contributed by atoms with Gasteiger partial charge in [-0.05, 0) is 40.8 Å². The van der Waals surface area contributed by atoms with Gasteiger partial charge in [0.25, 0.3) is 0 Å². The molecule has 15 heavy (non-hydrogen) atoms. The Labute approximate surface area is 101 Å². The van der Waals surface area contributed by atoms with E-state index in [9.17, 15) is 0 Å². The Bertz CT molecular complexity index is 456. The Balaban J connectivity index is 2.18. The summed E-state index contributed by atoms with van der Waals surface area (Å²) < 4.78 is 11.5. The molecule has 2 aromatic rings. The third-order valence-corrected chi connectivity index (χ3v) is 2.86. The van der Waals surface area contributed by atoms with Crippen molar-refractivity contribution in [2.75, 3.05) is 20.3 Å². The van der Waals surface area contributed by atoms with Crippen molar-refractivity contribution in [3.05, 3.63) is 21.9 Å². The van der Waals surface area contributed by atoms with E-state index in [4.69, 9.17) is 9.47 Å². The summed E-state index contributed by atoms with van der Waals surface area (Å²) in [5.74, 6) is 0.846. The Kier molecular flexibility index (Phi) is 3.42. The predicted molar refractivity (Wildman–Crippen MR) is 66.2 cm³/mol. The average Bonchev–Trinajstić information content (AvgIpc) is 2.61. The summed E-state index contributed by atoms with van der Waals surface area (Å²) >= 11 is 2.22. The molecular weight excluding hydrogens is 307 g/mol. The summed E-state index contributed by atoms with van der Waals surface area (Å²) in [7, 11) is 1.66. The summed E-state index contributed by atoms with van der Waals surface area (Å²) in [6.45, 7) is 1.16. The molecular formula is C10H11IN2O2. The molecule has 1 aromatic carbocycles. The largest absolute Gasteiger partial charge is 0.491 e. The van der Waals surface area contributed by atoms with Crippen molar-refractivity contribution in [1.82, 2.24) is 10.2 Å². The van der Waals surface area contributed by atoms with Crippen molar-refractivity contribution in [3.8, 4) is 5.75 Å². The smallest absolute Gasteiger partial charge is 0.120 e. The number of fused-ring (bicyclic) bond motifs is 1. The highest BCUT2D eigenvalue weighted by Gasteiger charge is 2.03. The molecule has 0 spiro atoms. The van der Waals surface area contributed by atoms with E-state index in [0.29, 0.717) is 13.2 Å². The van der Waals surface area contributed by atoms with Crippen LogP contribution in [0.15, 0.2) is 18.2 Å². The van der Waals surface area contributed by atoms with Crippen LogP contribution in [0.25, 0.3) is 10.9 Å². The van der Waals surface area contributed by atoms with Crippen LogP contribution in [0.3, 0.4) is 0 Å². The Morgan fingerprint density at radius 3 is 3.07 bits per heavy atom. The van der Waals surface area contributed by atoms with E-state index in [1.807, 2.05) is 18.2 Å². The lowest BCUT2D eigenvalue weighted by Gasteiger charge is -2.04. The van der Waals surface area contributed by atoms with Gasteiger partial charge in [-0.25, -0.2) is 0 Å². The molecule has 0 atom stereocenters. The van der Waals surface area contributed by atoms with Crippen LogP contribution in [0.5, 0.6) is 5.75 Å². The summed E-state index contributed by atoms with van der Waals surface area (Å²) in [4.78, 5) is 0. The van der Waals surface area contributed by atoms with Crippen molar-refractivity contribution in [2.45, 2.75) is 0 Å². The normalized spacial score (nSPS) is 10.8. The fraction of sp³-hybridized carbons (Fsp3) is 0.300. The fourth-order valence-electron chi connectivity index (χ4n) is 1.29. The molecule has 1 N–H and O–H groups in total. The van der Waals surface area contributed by atoms with Crippen molar-refractivity contribution in [1.29, 1.82) is 0 Å². The number of halogens is 1. The topological polar surface area (TPSA) is 47.1 Å². The molecule has 0 unspecified atom stereocenters. The van der Waals surface area contributed by atoms with Gasteiger partial charge in [0, 0.05) is 12.5 Å². The first-order valence-corrected chi connectivity index (χ1v) is 5.64. The van der Waals surface area contributed by atoms with Crippen LogP contribution in [0, 0.1) is 3.70 Å². The minimum atomic E-state index is 0.566. The van der Waals surface area contributed by atoms with E-state index in [2.05, 4.69) is 32.8 Å². The number of rotatable bonds is 4. The maximum Gasteiger partial charge on any atom is 0.120 e. The zero-order valence-corrected chi connectivity index (χ0v) is 10.4. The highest BCUT2D eigenvalue weighted by atomic mass is 127. The number of methoxy groups -OCH3 is 1. The fourth-order valence-corrected chi connectivity index (χ4v) is 1.84. The molecule has 1 heterocycles. The van der Waals surface area contributed by atoms with Crippen molar-refractivity contribution in [3.63, 3.8) is 0 Å². The second-order valence-electron chi connectivity index (χ2n) is 3.06. The predicted octanol–water partition coefficient (Wildman–Crippen LogP) is 2.19. The quantitative estimate of drug-likeness (QED) is 0.694. The Morgan fingerprint density at radius 2 is 2.27 bits per heavy atom. The van der Waals surface area contributed by atoms with Crippen LogP contribution >= 0.6 is 22.6 Å². The van der Waals surface area contributed by atoms with Crippen LogP contribution in [0.2, 0.25) is 0 Å². The number of nitrogens with one attached hydrogen (secondary N) is 1. The average molecular weight is 318 g/mol. The van der Waals surface area contributed by atoms with Crippen molar-refractivity contribution >= 4 is 33.5 Å². The van der Waals surface area contributed by atoms with Gasteiger partial charge < -0.3 is 9.47 Å². The number of hydrogen-bond acceptors (Lipinski definition) is 3. The van der Waals surface area contributed by atoms with E-state index in [1.54, 1.807) is 7.11 Å². The molecule has 80 valence electrons. The van der Waals surface area contributed by atoms with Gasteiger partial charge in [-0.2, -0.15) is 5.10 Å². The van der Waals surface area contributed by atoms with Gasteiger partial charge in [-0.1, -0.05) is 0 Å². The Hall–Kier alpha value is -0.820. The summed E-state index contributed by atoms with van der Waals surface area (Å²) in [5.41, 5.74) is 0.957. The number of aromatic amines is 1. The van der Waals surface area contributed by atoms with Gasteiger partial charge in [0.05, 0.1) is 12.1 Å². The first-order valence-electron chi connectivity index (χ1n) is 4.56. The van der Waals surface area contributed by atoms with Crippen molar-refractivity contribution in [2.24, 2.45) is 0 Å². The van der Waals surface area contributed by atoms with Gasteiger partial charge in [0.15, 0.2) is 0 Å². The third kappa shape index (κ3) is 2.40.